The Morgan fingerprint density at radius 2 is 0.881 bits per heavy atom. The van der Waals surface area contributed by atoms with Gasteiger partial charge in [0.15, 0.2) is 0 Å². The molecule has 1 heterocycles. The third kappa shape index (κ3) is 4.93. The number of nitrogens with zero attached hydrogens (tertiary/aromatic N) is 1. The van der Waals surface area contributed by atoms with Gasteiger partial charge in [-0.15, -0.1) is 0 Å². The van der Waals surface area contributed by atoms with Crippen molar-refractivity contribution in [3.63, 3.8) is 0 Å². The van der Waals surface area contributed by atoms with E-state index in [1.54, 1.807) is 0 Å². The van der Waals surface area contributed by atoms with Crippen molar-refractivity contribution < 1.29 is 4.42 Å². The Morgan fingerprint density at radius 1 is 0.339 bits per heavy atom. The number of hydrogen-bond acceptors (Lipinski definition) is 2. The van der Waals surface area contributed by atoms with Gasteiger partial charge in [0.2, 0.25) is 0 Å². The summed E-state index contributed by atoms with van der Waals surface area (Å²) in [5.41, 5.74) is 14.3. The highest BCUT2D eigenvalue weighted by atomic mass is 16.3. The average molecular weight is 752 g/mol. The summed E-state index contributed by atoms with van der Waals surface area (Å²) in [6.45, 7) is 0. The van der Waals surface area contributed by atoms with Gasteiger partial charge in [0.1, 0.15) is 11.2 Å². The molecule has 0 saturated carbocycles. The van der Waals surface area contributed by atoms with Crippen molar-refractivity contribution in [3.05, 3.63) is 247 Å². The van der Waals surface area contributed by atoms with Crippen LogP contribution in [0.3, 0.4) is 0 Å². The second-order valence-corrected chi connectivity index (χ2v) is 15.6. The van der Waals surface area contributed by atoms with E-state index >= 15 is 0 Å². The van der Waals surface area contributed by atoms with E-state index < -0.39 is 5.41 Å². The Hall–Kier alpha value is -7.68. The molecule has 0 saturated heterocycles. The zero-order chi connectivity index (χ0) is 38.9. The predicted molar refractivity (Wildman–Crippen MR) is 246 cm³/mol. The fourth-order valence-corrected chi connectivity index (χ4v) is 10.1. The van der Waals surface area contributed by atoms with E-state index in [-0.39, 0.29) is 0 Å². The molecule has 1 aliphatic rings. The first kappa shape index (κ1) is 33.5. The van der Waals surface area contributed by atoms with Crippen LogP contribution in [-0.2, 0) is 5.41 Å². The van der Waals surface area contributed by atoms with Gasteiger partial charge in [0, 0.05) is 33.6 Å². The number of para-hydroxylation sites is 1. The standard InChI is InChI=1S/C57H37NO/c1-5-19-38(20-6-1)50-35-43(37-53-54(50)55-48-30-15-13-27-44(48)45-28-14-16-31-49(45)56(55)59-53)58(41-25-11-4-12-26-41)42-33-34-47-46-29-17-18-32-51(46)57(52(47)36-42,39-21-7-2-8-22-39)40-23-9-3-10-24-40/h1-37H. The molecule has 2 nitrogen and oxygen atoms in total. The molecule has 11 aromatic rings. The largest absolute Gasteiger partial charge is 0.455 e. The Balaban J connectivity index is 1.17. The molecule has 0 spiro atoms. The maximum atomic E-state index is 7.14. The molecule has 12 rings (SSSR count). The summed E-state index contributed by atoms with van der Waals surface area (Å²) in [6.07, 6.45) is 0. The normalized spacial score (nSPS) is 12.9. The number of hydrogen-bond donors (Lipinski definition) is 0. The van der Waals surface area contributed by atoms with Crippen LogP contribution in [0.5, 0.6) is 0 Å². The number of anilines is 3. The zero-order valence-electron chi connectivity index (χ0n) is 32.2. The van der Waals surface area contributed by atoms with Crippen LogP contribution < -0.4 is 4.90 Å². The van der Waals surface area contributed by atoms with E-state index in [0.29, 0.717) is 0 Å². The minimum Gasteiger partial charge on any atom is -0.455 e. The molecule has 1 aliphatic carbocycles. The minimum atomic E-state index is -0.521. The van der Waals surface area contributed by atoms with Crippen molar-refractivity contribution in [2.45, 2.75) is 5.41 Å². The van der Waals surface area contributed by atoms with E-state index in [1.807, 2.05) is 0 Å². The van der Waals surface area contributed by atoms with Gasteiger partial charge in [-0.3, -0.25) is 0 Å². The van der Waals surface area contributed by atoms with Gasteiger partial charge in [-0.2, -0.15) is 0 Å². The van der Waals surface area contributed by atoms with Crippen LogP contribution in [0.2, 0.25) is 0 Å². The molecule has 10 aromatic carbocycles. The van der Waals surface area contributed by atoms with Crippen molar-refractivity contribution in [1.82, 2.24) is 0 Å². The minimum absolute atomic E-state index is 0.521. The first-order valence-corrected chi connectivity index (χ1v) is 20.3. The highest BCUT2D eigenvalue weighted by Gasteiger charge is 2.46. The van der Waals surface area contributed by atoms with Crippen LogP contribution in [0.25, 0.3) is 65.7 Å². The molecular formula is C57H37NO. The summed E-state index contributed by atoms with van der Waals surface area (Å²) < 4.78 is 7.14. The Bertz CT molecular complexity index is 3330. The molecule has 59 heavy (non-hydrogen) atoms. The lowest BCUT2D eigenvalue weighted by molar-refractivity contribution is 0.673. The molecule has 276 valence electrons. The molecule has 0 unspecified atom stereocenters. The van der Waals surface area contributed by atoms with Crippen LogP contribution in [0.4, 0.5) is 17.1 Å². The summed E-state index contributed by atoms with van der Waals surface area (Å²) in [6, 6.07) is 81.6. The van der Waals surface area contributed by atoms with Crippen molar-refractivity contribution in [3.8, 4) is 22.3 Å². The highest BCUT2D eigenvalue weighted by Crippen LogP contribution is 2.57. The van der Waals surface area contributed by atoms with Crippen molar-refractivity contribution in [2.24, 2.45) is 0 Å². The predicted octanol–water partition coefficient (Wildman–Crippen LogP) is 15.4. The second kappa shape index (κ2) is 13.2. The van der Waals surface area contributed by atoms with Gasteiger partial charge >= 0.3 is 0 Å². The third-order valence-electron chi connectivity index (χ3n) is 12.5. The molecule has 1 aromatic heterocycles. The first-order chi connectivity index (χ1) is 29.3. The number of furan rings is 1. The zero-order valence-corrected chi connectivity index (χ0v) is 32.2. The van der Waals surface area contributed by atoms with Crippen molar-refractivity contribution in [2.75, 3.05) is 4.90 Å². The summed E-state index contributed by atoms with van der Waals surface area (Å²) in [5, 5.41) is 7.02. The highest BCUT2D eigenvalue weighted by molar-refractivity contribution is 6.32. The molecule has 2 heteroatoms. The van der Waals surface area contributed by atoms with Crippen LogP contribution in [0, 0.1) is 0 Å². The molecule has 0 fully saturated rings. The Kier molecular flexibility index (Phi) is 7.48. The van der Waals surface area contributed by atoms with Crippen LogP contribution >= 0.6 is 0 Å². The van der Waals surface area contributed by atoms with E-state index in [9.17, 15) is 0 Å². The number of rotatable bonds is 6. The maximum Gasteiger partial charge on any atom is 0.143 e. The fourth-order valence-electron chi connectivity index (χ4n) is 10.1. The van der Waals surface area contributed by atoms with Gasteiger partial charge in [-0.05, 0) is 91.0 Å². The smallest absolute Gasteiger partial charge is 0.143 e. The molecule has 0 atom stereocenters. The van der Waals surface area contributed by atoms with E-state index in [0.717, 1.165) is 55.5 Å². The first-order valence-electron chi connectivity index (χ1n) is 20.3. The lowest BCUT2D eigenvalue weighted by Crippen LogP contribution is -2.28. The van der Waals surface area contributed by atoms with Gasteiger partial charge < -0.3 is 9.32 Å². The lowest BCUT2D eigenvalue weighted by Gasteiger charge is -2.35. The van der Waals surface area contributed by atoms with Crippen LogP contribution in [-0.4, -0.2) is 0 Å². The Morgan fingerprint density at radius 3 is 1.58 bits per heavy atom. The average Bonchev–Trinajstić information content (AvgIpc) is 3.85. The van der Waals surface area contributed by atoms with Gasteiger partial charge in [-0.1, -0.05) is 188 Å². The topological polar surface area (TPSA) is 16.4 Å². The quantitative estimate of drug-likeness (QED) is 0.157. The van der Waals surface area contributed by atoms with Crippen LogP contribution in [0.15, 0.2) is 229 Å². The van der Waals surface area contributed by atoms with Crippen molar-refractivity contribution >= 4 is 60.5 Å². The monoisotopic (exact) mass is 751 g/mol. The van der Waals surface area contributed by atoms with Crippen LogP contribution in [0.1, 0.15) is 22.3 Å². The summed E-state index contributed by atoms with van der Waals surface area (Å²) in [4.78, 5) is 2.40. The van der Waals surface area contributed by atoms with Gasteiger partial charge in [0.05, 0.1) is 11.1 Å². The molecule has 0 N–H and O–H groups in total. The number of benzene rings is 10. The molecule has 0 radical (unpaired) electrons. The van der Waals surface area contributed by atoms with Gasteiger partial charge in [-0.25, -0.2) is 0 Å². The van der Waals surface area contributed by atoms with Crippen molar-refractivity contribution in [1.29, 1.82) is 0 Å². The maximum absolute atomic E-state index is 7.14. The number of fused-ring (bicyclic) bond motifs is 11. The molecular weight excluding hydrogens is 715 g/mol. The van der Waals surface area contributed by atoms with E-state index in [1.165, 1.54) is 49.5 Å². The molecule has 0 aliphatic heterocycles. The van der Waals surface area contributed by atoms with Gasteiger partial charge in [0.25, 0.3) is 0 Å². The molecule has 0 bridgehead atoms. The van der Waals surface area contributed by atoms with E-state index in [4.69, 9.17) is 4.42 Å². The summed E-state index contributed by atoms with van der Waals surface area (Å²) in [7, 11) is 0. The summed E-state index contributed by atoms with van der Waals surface area (Å²) in [5.74, 6) is 0. The summed E-state index contributed by atoms with van der Waals surface area (Å²) >= 11 is 0. The second-order valence-electron chi connectivity index (χ2n) is 15.6. The SMILES string of the molecule is c1ccc(-c2cc(N(c3ccccc3)c3ccc4c(c3)C(c3ccccc3)(c3ccccc3)c3ccccc3-4)cc3oc4c5ccccc5c5ccccc5c4c23)cc1. The fraction of sp³-hybridized carbons (Fsp3) is 0.0175. The Labute approximate surface area is 342 Å². The lowest BCUT2D eigenvalue weighted by atomic mass is 9.67. The molecule has 0 amide bonds. The van der Waals surface area contributed by atoms with E-state index in [2.05, 4.69) is 229 Å². The third-order valence-corrected chi connectivity index (χ3v) is 12.5.